The molecule has 8 nitrogen and oxygen atoms in total. The number of nitrogens with one attached hydrogen (secondary N) is 2. The zero-order valence-corrected chi connectivity index (χ0v) is 24.6. The number of hydrogen-bond acceptors (Lipinski definition) is 6. The van der Waals surface area contributed by atoms with Gasteiger partial charge in [-0.15, -0.1) is 0 Å². The number of aromatic hydroxyl groups is 1. The molecule has 2 amide bonds. The molecular weight excluding hydrogens is 603 g/mol. The number of carbonyl (C=O) groups excluding carboxylic acids is 3. The van der Waals surface area contributed by atoms with Crippen LogP contribution in [0, 0.1) is 29.1 Å². The van der Waals surface area contributed by atoms with E-state index in [-0.39, 0.29) is 24.2 Å². The highest BCUT2D eigenvalue weighted by atomic mass is 19.2. The first kappa shape index (κ1) is 34.5. The summed E-state index contributed by atoms with van der Waals surface area (Å²) < 4.78 is 81.6. The van der Waals surface area contributed by atoms with E-state index in [1.807, 2.05) is 6.92 Å². The second kappa shape index (κ2) is 15.7. The quantitative estimate of drug-likeness (QED) is 0.0783. The summed E-state index contributed by atoms with van der Waals surface area (Å²) in [7, 11) is 1.93. The van der Waals surface area contributed by atoms with Crippen LogP contribution in [0.4, 0.5) is 22.0 Å². The third-order valence-corrected chi connectivity index (χ3v) is 6.80. The van der Waals surface area contributed by atoms with Crippen LogP contribution >= 0.6 is 0 Å². The zero-order valence-electron chi connectivity index (χ0n) is 24.6. The van der Waals surface area contributed by atoms with Gasteiger partial charge in [0.25, 0.3) is 5.91 Å². The molecule has 0 saturated heterocycles. The predicted molar refractivity (Wildman–Crippen MR) is 154 cm³/mol. The monoisotopic (exact) mass is 634 g/mol. The minimum atomic E-state index is -1.85. The number of amides is 2. The molecule has 3 rings (SSSR count). The molecule has 0 heterocycles. The van der Waals surface area contributed by atoms with Gasteiger partial charge < -0.3 is 25.2 Å². The van der Waals surface area contributed by atoms with Gasteiger partial charge in [-0.1, -0.05) is 44.0 Å². The lowest BCUT2D eigenvalue weighted by molar-refractivity contribution is -0.145. The molecule has 0 bridgehead atoms. The van der Waals surface area contributed by atoms with Gasteiger partial charge in [0.15, 0.2) is 17.4 Å². The van der Waals surface area contributed by atoms with Gasteiger partial charge in [-0.2, -0.15) is 8.78 Å². The molecule has 0 aliphatic rings. The van der Waals surface area contributed by atoms with Gasteiger partial charge in [-0.3, -0.25) is 9.59 Å². The van der Waals surface area contributed by atoms with Crippen LogP contribution in [0.15, 0.2) is 48.5 Å². The van der Waals surface area contributed by atoms with Crippen LogP contribution in [0.3, 0.4) is 0 Å². The normalized spacial score (nSPS) is 12.7. The maximum absolute atomic E-state index is 14.9. The van der Waals surface area contributed by atoms with Gasteiger partial charge in [0.2, 0.25) is 17.5 Å². The number of rotatable bonds is 13. The van der Waals surface area contributed by atoms with Crippen molar-refractivity contribution in [2.45, 2.75) is 44.7 Å². The van der Waals surface area contributed by atoms with Crippen LogP contribution < -0.4 is 15.4 Å². The molecule has 2 unspecified atom stereocenters. The van der Waals surface area contributed by atoms with Gasteiger partial charge >= 0.3 is 5.97 Å². The van der Waals surface area contributed by atoms with Crippen molar-refractivity contribution in [1.29, 1.82) is 0 Å². The zero-order chi connectivity index (χ0) is 33.3. The maximum Gasteiger partial charge on any atom is 0.328 e. The Morgan fingerprint density at radius 1 is 0.844 bits per heavy atom. The first-order valence-electron chi connectivity index (χ1n) is 13.8. The summed E-state index contributed by atoms with van der Waals surface area (Å²) in [5, 5.41) is 14.5. The molecule has 0 spiro atoms. The molecule has 2 atom stereocenters. The number of esters is 1. The van der Waals surface area contributed by atoms with E-state index in [4.69, 9.17) is 4.74 Å². The summed E-state index contributed by atoms with van der Waals surface area (Å²) in [4.78, 5) is 39.5. The van der Waals surface area contributed by atoms with Crippen LogP contribution in [-0.2, 0) is 25.5 Å². The van der Waals surface area contributed by atoms with E-state index in [1.165, 1.54) is 24.3 Å². The lowest BCUT2D eigenvalue weighted by atomic mass is 9.99. The Balaban J connectivity index is 2.00. The third kappa shape index (κ3) is 8.58. The second-order valence-electron chi connectivity index (χ2n) is 9.89. The number of methoxy groups -OCH3 is 2. The number of phenols is 1. The van der Waals surface area contributed by atoms with E-state index >= 15 is 0 Å². The van der Waals surface area contributed by atoms with Crippen molar-refractivity contribution in [3.05, 3.63) is 94.3 Å². The van der Waals surface area contributed by atoms with Crippen LogP contribution in [-0.4, -0.2) is 49.2 Å². The molecule has 0 saturated carbocycles. The molecule has 0 radical (unpaired) electrons. The Bertz CT molecular complexity index is 1530. The fraction of sp³-hybridized carbons (Fsp3) is 0.281. The van der Waals surface area contributed by atoms with Crippen LogP contribution in [0.1, 0.15) is 42.9 Å². The summed E-state index contributed by atoms with van der Waals surface area (Å²) >= 11 is 0. The molecule has 240 valence electrons. The predicted octanol–water partition coefficient (Wildman–Crippen LogP) is 5.21. The molecule has 0 aliphatic carbocycles. The number of benzene rings is 3. The highest BCUT2D eigenvalue weighted by Gasteiger charge is 2.30. The SMILES string of the molecule is CCCCC(NC(=O)/C(=C\c1c(F)c(F)c(OC)c(F)c1F)c1ccc(F)cc1)C(=O)NC(Cc1ccc(O)cc1)C(=O)OC. The van der Waals surface area contributed by atoms with E-state index in [2.05, 4.69) is 15.4 Å². The van der Waals surface area contributed by atoms with Crippen LogP contribution in [0.2, 0.25) is 0 Å². The Labute approximate surface area is 255 Å². The average Bonchev–Trinajstić information content (AvgIpc) is 3.03. The van der Waals surface area contributed by atoms with E-state index in [0.29, 0.717) is 24.5 Å². The number of phenolic OH excluding ortho intramolecular Hbond substituents is 1. The molecule has 0 fully saturated rings. The Morgan fingerprint density at radius 2 is 1.44 bits per heavy atom. The van der Waals surface area contributed by atoms with E-state index in [1.54, 1.807) is 0 Å². The van der Waals surface area contributed by atoms with Gasteiger partial charge in [0.05, 0.1) is 19.8 Å². The molecule has 3 aromatic carbocycles. The smallest absolute Gasteiger partial charge is 0.328 e. The van der Waals surface area contributed by atoms with E-state index < -0.39 is 75.8 Å². The minimum Gasteiger partial charge on any atom is -0.508 e. The Hall–Kier alpha value is -4.94. The van der Waals surface area contributed by atoms with Gasteiger partial charge in [-0.25, -0.2) is 18.0 Å². The van der Waals surface area contributed by atoms with Crippen molar-refractivity contribution in [3.8, 4) is 11.5 Å². The van der Waals surface area contributed by atoms with Crippen molar-refractivity contribution in [2.75, 3.05) is 14.2 Å². The fourth-order valence-electron chi connectivity index (χ4n) is 4.38. The Kier molecular flexibility index (Phi) is 12.0. The van der Waals surface area contributed by atoms with Gasteiger partial charge in [0, 0.05) is 12.0 Å². The maximum atomic E-state index is 14.9. The van der Waals surface area contributed by atoms with Crippen LogP contribution in [0.5, 0.6) is 11.5 Å². The third-order valence-electron chi connectivity index (χ3n) is 6.80. The lowest BCUT2D eigenvalue weighted by Gasteiger charge is -2.23. The molecule has 0 aliphatic heterocycles. The lowest BCUT2D eigenvalue weighted by Crippen LogP contribution is -2.52. The number of unbranched alkanes of at least 4 members (excludes halogenated alkanes) is 1. The highest BCUT2D eigenvalue weighted by molar-refractivity contribution is 6.24. The van der Waals surface area contributed by atoms with Crippen LogP contribution in [0.25, 0.3) is 11.6 Å². The fourth-order valence-corrected chi connectivity index (χ4v) is 4.38. The summed E-state index contributed by atoms with van der Waals surface area (Å²) in [6.07, 6.45) is 1.59. The average molecular weight is 635 g/mol. The van der Waals surface area contributed by atoms with Crippen molar-refractivity contribution in [3.63, 3.8) is 0 Å². The first-order valence-corrected chi connectivity index (χ1v) is 13.8. The molecular formula is C32H31F5N2O6. The van der Waals surface area contributed by atoms with Crippen molar-refractivity contribution < 1.29 is 50.9 Å². The second-order valence-corrected chi connectivity index (χ2v) is 9.89. The molecule has 13 heteroatoms. The van der Waals surface area contributed by atoms with Crippen molar-refractivity contribution in [1.82, 2.24) is 10.6 Å². The summed E-state index contributed by atoms with van der Waals surface area (Å²) in [6.45, 7) is 1.82. The minimum absolute atomic E-state index is 0.00959. The molecule has 0 aromatic heterocycles. The Morgan fingerprint density at radius 3 is 1.98 bits per heavy atom. The van der Waals surface area contributed by atoms with E-state index in [9.17, 15) is 41.4 Å². The summed E-state index contributed by atoms with van der Waals surface area (Å²) in [6, 6.07) is 7.45. The standard InChI is InChI=1S/C32H31F5N2O6/c1-4-5-6-23(31(42)39-24(32(43)45-3)15-17-7-13-20(40)14-8-17)38-30(41)21(18-9-11-19(33)12-10-18)16-22-25(34)27(36)29(44-2)28(37)26(22)35/h7-14,16,23-24,40H,4-6,15H2,1-3H3,(H,38,41)(H,39,42)/b21-16-. The molecule has 45 heavy (non-hydrogen) atoms. The number of hydrogen-bond donors (Lipinski definition) is 3. The summed E-state index contributed by atoms with van der Waals surface area (Å²) in [5.74, 6) is -12.1. The number of halogens is 5. The number of carbonyl (C=O) groups is 3. The van der Waals surface area contributed by atoms with Crippen molar-refractivity contribution in [2.24, 2.45) is 0 Å². The number of ether oxygens (including phenoxy) is 2. The first-order chi connectivity index (χ1) is 21.4. The highest BCUT2D eigenvalue weighted by Crippen LogP contribution is 2.32. The van der Waals surface area contributed by atoms with E-state index in [0.717, 1.165) is 38.5 Å². The van der Waals surface area contributed by atoms with Gasteiger partial charge in [-0.05, 0) is 47.9 Å². The van der Waals surface area contributed by atoms with Crippen molar-refractivity contribution >= 4 is 29.4 Å². The molecule has 3 N–H and O–H groups in total. The largest absolute Gasteiger partial charge is 0.508 e. The summed E-state index contributed by atoms with van der Waals surface area (Å²) in [5.41, 5.74) is -1.34. The molecule has 3 aromatic rings. The topological polar surface area (TPSA) is 114 Å². The van der Waals surface area contributed by atoms with Gasteiger partial charge in [0.1, 0.15) is 23.7 Å².